The number of fused-ring (bicyclic) bond motifs is 3. The number of ketones is 3. The maximum absolute atomic E-state index is 13.4. The van der Waals surface area contributed by atoms with Crippen LogP contribution < -0.4 is 4.74 Å². The first-order chi connectivity index (χ1) is 15.2. The summed E-state index contributed by atoms with van der Waals surface area (Å²) in [6, 6.07) is 4.49. The molecule has 0 radical (unpaired) electrons. The lowest BCUT2D eigenvalue weighted by molar-refractivity contribution is -0.141. The Morgan fingerprint density at radius 1 is 1.19 bits per heavy atom. The largest absolute Gasteiger partial charge is 0.507 e. The lowest BCUT2D eigenvalue weighted by atomic mass is 9.72. The van der Waals surface area contributed by atoms with E-state index in [1.165, 1.54) is 38.3 Å². The zero-order valence-corrected chi connectivity index (χ0v) is 17.6. The van der Waals surface area contributed by atoms with Gasteiger partial charge in [-0.1, -0.05) is 18.2 Å². The summed E-state index contributed by atoms with van der Waals surface area (Å²) in [5, 5.41) is 33.2. The first kappa shape index (κ1) is 21.7. The van der Waals surface area contributed by atoms with Crippen LogP contribution in [0.4, 0.5) is 0 Å². The number of benzene rings is 2. The van der Waals surface area contributed by atoms with E-state index in [4.69, 9.17) is 9.47 Å². The van der Waals surface area contributed by atoms with Crippen LogP contribution >= 0.6 is 0 Å². The minimum atomic E-state index is -1.88. The molecule has 0 amide bonds. The molecule has 2 unspecified atom stereocenters. The monoisotopic (exact) mass is 438 g/mol. The number of aromatic hydroxyl groups is 2. The summed E-state index contributed by atoms with van der Waals surface area (Å²) in [6.07, 6.45) is -0.114. The summed E-state index contributed by atoms with van der Waals surface area (Å²) in [6.45, 7) is 4.81. The number of hydrogen-bond acceptors (Lipinski definition) is 8. The van der Waals surface area contributed by atoms with E-state index < -0.39 is 40.6 Å². The van der Waals surface area contributed by atoms with Gasteiger partial charge in [0.2, 0.25) is 5.78 Å². The van der Waals surface area contributed by atoms with Crippen LogP contribution in [0, 0.1) is 0 Å². The quantitative estimate of drug-likeness (QED) is 0.409. The molecular weight excluding hydrogens is 416 g/mol. The molecule has 4 rings (SSSR count). The standard InChI is InChI=1S/C24H22O8/c1-4-8-32-15-10-24(30,11(2)25)9-13-17(15)23(29)19-18(21(13)27)20(26)12-6-5-7-14(31-3)16(12)22(19)28/h4-7,15,27,29-30H,1,8-10H2,2-3H3. The fourth-order valence-electron chi connectivity index (χ4n) is 4.51. The van der Waals surface area contributed by atoms with Gasteiger partial charge in [-0.25, -0.2) is 0 Å². The molecule has 3 N–H and O–H groups in total. The third-order valence-electron chi connectivity index (χ3n) is 6.15. The van der Waals surface area contributed by atoms with E-state index in [0.29, 0.717) is 0 Å². The minimum Gasteiger partial charge on any atom is -0.507 e. The van der Waals surface area contributed by atoms with Crippen molar-refractivity contribution in [2.45, 2.75) is 31.5 Å². The first-order valence-corrected chi connectivity index (χ1v) is 9.99. The van der Waals surface area contributed by atoms with Gasteiger partial charge in [0.25, 0.3) is 0 Å². The second-order valence-corrected chi connectivity index (χ2v) is 7.96. The van der Waals surface area contributed by atoms with Crippen LogP contribution in [0.2, 0.25) is 0 Å². The van der Waals surface area contributed by atoms with Gasteiger partial charge in [0.15, 0.2) is 11.6 Å². The van der Waals surface area contributed by atoms with Crippen LogP contribution in [0.1, 0.15) is 62.4 Å². The normalized spacial score (nSPS) is 21.4. The number of phenolic OH excluding ortho intramolecular Hbond substituents is 2. The van der Waals surface area contributed by atoms with Crippen molar-refractivity contribution in [1.82, 2.24) is 0 Å². The van der Waals surface area contributed by atoms with Crippen molar-refractivity contribution in [2.75, 3.05) is 13.7 Å². The van der Waals surface area contributed by atoms with Gasteiger partial charge in [-0.3, -0.25) is 14.4 Å². The number of phenols is 2. The third kappa shape index (κ3) is 2.95. The lowest BCUT2D eigenvalue weighted by Crippen LogP contribution is -2.44. The predicted octanol–water partition coefficient (Wildman–Crippen LogP) is 2.39. The van der Waals surface area contributed by atoms with Crippen molar-refractivity contribution in [3.8, 4) is 17.2 Å². The van der Waals surface area contributed by atoms with Crippen LogP contribution in [-0.4, -0.2) is 52.0 Å². The predicted molar refractivity (Wildman–Crippen MR) is 112 cm³/mol. The van der Waals surface area contributed by atoms with Crippen molar-refractivity contribution >= 4 is 17.3 Å². The Labute approximate surface area is 183 Å². The Morgan fingerprint density at radius 3 is 2.50 bits per heavy atom. The number of carbonyl (C=O) groups excluding carboxylic acids is 3. The molecule has 2 aromatic carbocycles. The highest BCUT2D eigenvalue weighted by Crippen LogP contribution is 2.51. The van der Waals surface area contributed by atoms with Crippen LogP contribution in [0.5, 0.6) is 17.2 Å². The summed E-state index contributed by atoms with van der Waals surface area (Å²) in [4.78, 5) is 38.8. The molecule has 0 heterocycles. The van der Waals surface area contributed by atoms with Crippen LogP contribution in [-0.2, 0) is 16.0 Å². The van der Waals surface area contributed by atoms with Gasteiger partial charge < -0.3 is 24.8 Å². The molecule has 2 atom stereocenters. The summed E-state index contributed by atoms with van der Waals surface area (Å²) in [7, 11) is 1.36. The van der Waals surface area contributed by atoms with E-state index in [1.54, 1.807) is 0 Å². The van der Waals surface area contributed by atoms with E-state index in [9.17, 15) is 29.7 Å². The van der Waals surface area contributed by atoms with E-state index in [0.717, 1.165) is 0 Å². The van der Waals surface area contributed by atoms with Crippen molar-refractivity contribution in [1.29, 1.82) is 0 Å². The molecule has 0 aromatic heterocycles. The average molecular weight is 438 g/mol. The molecule has 0 bridgehead atoms. The Morgan fingerprint density at radius 2 is 1.88 bits per heavy atom. The molecule has 0 aliphatic heterocycles. The average Bonchev–Trinajstić information content (AvgIpc) is 2.77. The van der Waals surface area contributed by atoms with Gasteiger partial charge in [-0.05, 0) is 13.0 Å². The first-order valence-electron chi connectivity index (χ1n) is 9.99. The zero-order chi connectivity index (χ0) is 23.4. The number of carbonyl (C=O) groups is 3. The fraction of sp³-hybridized carbons (Fsp3) is 0.292. The minimum absolute atomic E-state index is 0.00763. The zero-order valence-electron chi connectivity index (χ0n) is 17.6. The lowest BCUT2D eigenvalue weighted by Gasteiger charge is -2.38. The molecule has 2 aliphatic carbocycles. The second-order valence-electron chi connectivity index (χ2n) is 7.96. The summed E-state index contributed by atoms with van der Waals surface area (Å²) in [5.74, 6) is -2.84. The molecule has 2 aromatic rings. The fourth-order valence-corrected chi connectivity index (χ4v) is 4.51. The highest BCUT2D eigenvalue weighted by atomic mass is 16.5. The molecule has 8 nitrogen and oxygen atoms in total. The van der Waals surface area contributed by atoms with E-state index in [-0.39, 0.29) is 58.6 Å². The molecular formula is C24H22O8. The second kappa shape index (κ2) is 7.58. The molecule has 8 heteroatoms. The Kier molecular flexibility index (Phi) is 5.15. The van der Waals surface area contributed by atoms with Crippen molar-refractivity contribution in [3.63, 3.8) is 0 Å². The topological polar surface area (TPSA) is 130 Å². The van der Waals surface area contributed by atoms with Crippen LogP contribution in [0.15, 0.2) is 30.9 Å². The molecule has 32 heavy (non-hydrogen) atoms. The number of ether oxygens (including phenoxy) is 2. The molecule has 0 saturated heterocycles. The molecule has 0 fully saturated rings. The number of rotatable bonds is 5. The number of aliphatic hydroxyl groups is 1. The maximum atomic E-state index is 13.4. The van der Waals surface area contributed by atoms with E-state index in [1.807, 2.05) is 0 Å². The Bertz CT molecular complexity index is 1200. The Balaban J connectivity index is 2.02. The smallest absolute Gasteiger partial charge is 0.202 e. The van der Waals surface area contributed by atoms with Gasteiger partial charge in [-0.15, -0.1) is 6.58 Å². The third-order valence-corrected chi connectivity index (χ3v) is 6.15. The van der Waals surface area contributed by atoms with Gasteiger partial charge in [0, 0.05) is 29.5 Å². The van der Waals surface area contributed by atoms with Crippen molar-refractivity contribution in [2.24, 2.45) is 0 Å². The molecule has 2 aliphatic rings. The summed E-state index contributed by atoms with van der Waals surface area (Å²) < 4.78 is 10.9. The molecule has 0 saturated carbocycles. The van der Waals surface area contributed by atoms with Gasteiger partial charge in [0.05, 0.1) is 36.5 Å². The highest BCUT2D eigenvalue weighted by molar-refractivity contribution is 6.31. The number of methoxy groups -OCH3 is 1. The van der Waals surface area contributed by atoms with E-state index in [2.05, 4.69) is 6.58 Å². The highest BCUT2D eigenvalue weighted by Gasteiger charge is 2.48. The number of hydrogen-bond donors (Lipinski definition) is 3. The maximum Gasteiger partial charge on any atom is 0.202 e. The van der Waals surface area contributed by atoms with E-state index >= 15 is 0 Å². The van der Waals surface area contributed by atoms with Crippen molar-refractivity contribution in [3.05, 3.63) is 64.2 Å². The molecule has 166 valence electrons. The van der Waals surface area contributed by atoms with Gasteiger partial charge >= 0.3 is 0 Å². The van der Waals surface area contributed by atoms with Gasteiger partial charge in [-0.2, -0.15) is 0 Å². The molecule has 0 spiro atoms. The number of Topliss-reactive ketones (excluding diaryl/α,β-unsaturated/α-hetero) is 1. The summed E-state index contributed by atoms with van der Waals surface area (Å²) in [5.41, 5.74) is -2.54. The van der Waals surface area contributed by atoms with Gasteiger partial charge in [0.1, 0.15) is 22.8 Å². The SMILES string of the molecule is C=CCOC1CC(O)(C(C)=O)Cc2c(O)c3c(c(O)c21)C(=O)c1c(OC)cccc1C3=O. The van der Waals surface area contributed by atoms with Crippen LogP contribution in [0.3, 0.4) is 0 Å². The summed E-state index contributed by atoms with van der Waals surface area (Å²) >= 11 is 0. The van der Waals surface area contributed by atoms with Crippen LogP contribution in [0.25, 0.3) is 0 Å². The van der Waals surface area contributed by atoms with Crippen molar-refractivity contribution < 1.29 is 39.2 Å². The Hall–Kier alpha value is -3.49.